The fourth-order valence-corrected chi connectivity index (χ4v) is 7.60. The van der Waals surface area contributed by atoms with Crippen molar-refractivity contribution in [3.8, 4) is 5.75 Å². The molecule has 0 bridgehead atoms. The Hall–Kier alpha value is -4.46. The van der Waals surface area contributed by atoms with Crippen molar-refractivity contribution in [1.82, 2.24) is 15.1 Å². The highest BCUT2D eigenvalue weighted by Gasteiger charge is 2.41. The molecule has 0 aliphatic carbocycles. The number of nitrogens with one attached hydrogen (secondary N) is 1. The molecule has 61 heavy (non-hydrogen) atoms. The van der Waals surface area contributed by atoms with E-state index in [1.54, 1.807) is 99.0 Å². The van der Waals surface area contributed by atoms with E-state index in [4.69, 9.17) is 23.7 Å². The van der Waals surface area contributed by atoms with Crippen molar-refractivity contribution < 1.29 is 51.6 Å². The molecule has 0 aromatic heterocycles. The summed E-state index contributed by atoms with van der Waals surface area (Å²) in [5.74, 6) is -3.14. The summed E-state index contributed by atoms with van der Waals surface area (Å²) in [4.78, 5) is 55.9. The minimum absolute atomic E-state index is 0.171. The van der Waals surface area contributed by atoms with Crippen molar-refractivity contribution in [2.75, 3.05) is 39.3 Å². The van der Waals surface area contributed by atoms with Crippen molar-refractivity contribution in [3.05, 3.63) is 64.7 Å². The molecular formula is C47H69F2N3O9. The summed E-state index contributed by atoms with van der Waals surface area (Å²) in [7, 11) is 0. The second-order valence-electron chi connectivity index (χ2n) is 20.4. The quantitative estimate of drug-likeness (QED) is 0.112. The molecule has 2 aliphatic heterocycles. The number of amides is 2. The maximum Gasteiger partial charge on any atom is 0.410 e. The van der Waals surface area contributed by atoms with E-state index in [9.17, 15) is 23.6 Å². The number of carbonyl (C=O) groups excluding carboxylic acids is 4. The van der Waals surface area contributed by atoms with Crippen LogP contribution >= 0.6 is 0 Å². The summed E-state index contributed by atoms with van der Waals surface area (Å²) in [6.07, 6.45) is 0.702. The number of esters is 2. The summed E-state index contributed by atoms with van der Waals surface area (Å²) in [6.45, 7) is 23.9. The molecule has 340 valence electrons. The Balaban J connectivity index is 1.37. The predicted octanol–water partition coefficient (Wildman–Crippen LogP) is 8.65. The summed E-state index contributed by atoms with van der Waals surface area (Å²) < 4.78 is 58.7. The van der Waals surface area contributed by atoms with Gasteiger partial charge in [0, 0.05) is 45.3 Å². The zero-order valence-electron chi connectivity index (χ0n) is 38.4. The van der Waals surface area contributed by atoms with Gasteiger partial charge in [-0.05, 0) is 162 Å². The second kappa shape index (κ2) is 20.2. The molecule has 14 heteroatoms. The van der Waals surface area contributed by atoms with E-state index in [2.05, 4.69) is 5.32 Å². The lowest BCUT2D eigenvalue weighted by atomic mass is 9.85. The Morgan fingerprint density at radius 3 is 1.46 bits per heavy atom. The molecule has 0 spiro atoms. The van der Waals surface area contributed by atoms with Gasteiger partial charge in [0.1, 0.15) is 46.4 Å². The molecule has 1 N–H and O–H groups in total. The molecular weight excluding hydrogens is 789 g/mol. The summed E-state index contributed by atoms with van der Waals surface area (Å²) in [6, 6.07) is 9.06. The average Bonchev–Trinajstić information content (AvgIpc) is 3.77. The van der Waals surface area contributed by atoms with Gasteiger partial charge >= 0.3 is 24.1 Å². The number of nitrogens with zero attached hydrogens (tertiary/aromatic N) is 2. The number of hydrogen-bond donors (Lipinski definition) is 1. The van der Waals surface area contributed by atoms with Crippen molar-refractivity contribution in [2.24, 2.45) is 23.7 Å². The first kappa shape index (κ1) is 49.2. The third kappa shape index (κ3) is 16.7. The van der Waals surface area contributed by atoms with Gasteiger partial charge in [-0.2, -0.15) is 0 Å². The number of benzene rings is 2. The van der Waals surface area contributed by atoms with Crippen molar-refractivity contribution in [3.63, 3.8) is 0 Å². The highest BCUT2D eigenvalue weighted by molar-refractivity contribution is 5.75. The lowest BCUT2D eigenvalue weighted by molar-refractivity contribution is -0.163. The molecule has 0 saturated carbocycles. The molecule has 4 atom stereocenters. The fourth-order valence-electron chi connectivity index (χ4n) is 7.60. The summed E-state index contributed by atoms with van der Waals surface area (Å²) in [5.41, 5.74) is -0.916. The number of likely N-dealkylation sites (tertiary alicyclic amines) is 2. The van der Waals surface area contributed by atoms with Crippen molar-refractivity contribution in [1.29, 1.82) is 0 Å². The van der Waals surface area contributed by atoms with E-state index in [0.717, 1.165) is 0 Å². The van der Waals surface area contributed by atoms with Crippen LogP contribution < -0.4 is 10.1 Å². The molecule has 2 saturated heterocycles. The van der Waals surface area contributed by atoms with E-state index in [1.165, 1.54) is 24.3 Å². The summed E-state index contributed by atoms with van der Waals surface area (Å²) >= 11 is 0. The largest absolute Gasteiger partial charge is 0.492 e. The highest BCUT2D eigenvalue weighted by atomic mass is 19.1. The molecule has 2 amide bonds. The molecule has 2 aliphatic rings. The van der Waals surface area contributed by atoms with Crippen LogP contribution in [0.15, 0.2) is 36.4 Å². The van der Waals surface area contributed by atoms with Crippen LogP contribution in [0.4, 0.5) is 18.4 Å². The van der Waals surface area contributed by atoms with Gasteiger partial charge in [-0.25, -0.2) is 18.4 Å². The standard InChI is InChI=1S/C47H69F2N3O9/c1-44(2,3)58-40(53)38(33-13-16-51(28-33)42(55)60-46(7,8)9)24-30-19-32(22-35(48)20-30)27-50-15-18-57-37-23-31(21-36(49)26-37)25-39(41(54)59-45(4,5)6)34-14-17-52(29-34)43(56)61-47(10,11)12/h19-23,26,33-34,38-39,50H,13-18,24-25,27-29H2,1-12H3/t33-,34-,38-,39-/m0/s1. The highest BCUT2D eigenvalue weighted by Crippen LogP contribution is 2.33. The molecule has 2 aromatic carbocycles. The lowest BCUT2D eigenvalue weighted by Gasteiger charge is -2.28. The Bertz CT molecular complexity index is 1710. The van der Waals surface area contributed by atoms with E-state index in [1.807, 2.05) is 6.07 Å². The number of halogens is 2. The van der Waals surface area contributed by atoms with Crippen molar-refractivity contribution in [2.45, 2.75) is 138 Å². The van der Waals surface area contributed by atoms with Gasteiger partial charge in [0.25, 0.3) is 0 Å². The first-order valence-electron chi connectivity index (χ1n) is 21.5. The van der Waals surface area contributed by atoms with E-state index < -0.39 is 70.0 Å². The molecule has 2 fully saturated rings. The predicted molar refractivity (Wildman–Crippen MR) is 228 cm³/mol. The van der Waals surface area contributed by atoms with Crippen LogP contribution in [-0.2, 0) is 47.9 Å². The van der Waals surface area contributed by atoms with Crippen LogP contribution in [0.2, 0.25) is 0 Å². The van der Waals surface area contributed by atoms with Crippen LogP contribution in [0.1, 0.15) is 113 Å². The molecule has 0 unspecified atom stereocenters. The third-order valence-corrected chi connectivity index (χ3v) is 10.0. The van der Waals surface area contributed by atoms with Gasteiger partial charge in [0.15, 0.2) is 0 Å². The zero-order valence-corrected chi connectivity index (χ0v) is 38.4. The number of carbonyl (C=O) groups is 4. The number of rotatable bonds is 14. The van der Waals surface area contributed by atoms with Crippen LogP contribution in [0.3, 0.4) is 0 Å². The van der Waals surface area contributed by atoms with E-state index in [0.29, 0.717) is 74.6 Å². The topological polar surface area (TPSA) is 133 Å². The van der Waals surface area contributed by atoms with E-state index >= 15 is 4.39 Å². The van der Waals surface area contributed by atoms with Crippen LogP contribution in [0.25, 0.3) is 0 Å². The molecule has 0 radical (unpaired) electrons. The second-order valence-corrected chi connectivity index (χ2v) is 20.4. The zero-order chi connectivity index (χ0) is 45.5. The normalized spacial score (nSPS) is 18.4. The summed E-state index contributed by atoms with van der Waals surface area (Å²) in [5, 5.41) is 3.25. The number of hydrogen-bond acceptors (Lipinski definition) is 10. The van der Waals surface area contributed by atoms with Crippen LogP contribution in [0.5, 0.6) is 5.75 Å². The first-order valence-corrected chi connectivity index (χ1v) is 21.5. The van der Waals surface area contributed by atoms with Gasteiger partial charge in [-0.3, -0.25) is 9.59 Å². The lowest BCUT2D eigenvalue weighted by Crippen LogP contribution is -2.38. The monoisotopic (exact) mass is 858 g/mol. The van der Waals surface area contributed by atoms with Crippen molar-refractivity contribution >= 4 is 24.1 Å². The third-order valence-electron chi connectivity index (χ3n) is 10.0. The minimum Gasteiger partial charge on any atom is -0.492 e. The Kier molecular flexibility index (Phi) is 16.3. The maximum absolute atomic E-state index is 15.0. The number of ether oxygens (including phenoxy) is 5. The Morgan fingerprint density at radius 1 is 0.607 bits per heavy atom. The Morgan fingerprint density at radius 2 is 1.02 bits per heavy atom. The minimum atomic E-state index is -0.736. The van der Waals surface area contributed by atoms with Crippen LogP contribution in [-0.4, -0.2) is 95.7 Å². The SMILES string of the molecule is CC(C)(C)OC(=O)[C@@H](Cc1cc(F)cc(CNCCOc2cc(F)cc(C[C@H](C(=O)OC(C)(C)C)[C@H]3CCN(C(=O)OC(C)(C)C)C3)c2)c1)[C@H]1CCN(C(=O)OC(C)(C)C)C1. The maximum atomic E-state index is 15.0. The van der Waals surface area contributed by atoms with Gasteiger partial charge in [0.05, 0.1) is 11.8 Å². The average molecular weight is 858 g/mol. The van der Waals surface area contributed by atoms with Gasteiger partial charge in [0.2, 0.25) is 0 Å². The van der Waals surface area contributed by atoms with Crippen LogP contribution in [0, 0.1) is 35.3 Å². The molecule has 4 rings (SSSR count). The van der Waals surface area contributed by atoms with E-state index in [-0.39, 0.29) is 31.3 Å². The van der Waals surface area contributed by atoms with Gasteiger partial charge in [-0.1, -0.05) is 6.07 Å². The Labute approximate surface area is 361 Å². The van der Waals surface area contributed by atoms with Gasteiger partial charge < -0.3 is 38.8 Å². The fraction of sp³-hybridized carbons (Fsp3) is 0.660. The smallest absolute Gasteiger partial charge is 0.410 e. The first-order chi connectivity index (χ1) is 28.1. The molecule has 2 heterocycles. The molecule has 12 nitrogen and oxygen atoms in total. The molecule has 2 aromatic rings. The van der Waals surface area contributed by atoms with Gasteiger partial charge in [-0.15, -0.1) is 0 Å².